The average Bonchev–Trinajstić information content (AvgIpc) is 2.54. The van der Waals surface area contributed by atoms with E-state index in [2.05, 4.69) is 5.32 Å². The predicted molar refractivity (Wildman–Crippen MR) is 80.5 cm³/mol. The molecule has 0 saturated carbocycles. The number of hydrogen-bond acceptors (Lipinski definition) is 6. The van der Waals surface area contributed by atoms with Crippen LogP contribution in [0.5, 0.6) is 0 Å². The highest BCUT2D eigenvalue weighted by atomic mass is 16.6. The molecule has 0 radical (unpaired) electrons. The van der Waals surface area contributed by atoms with Gasteiger partial charge >= 0.3 is 0 Å². The number of rotatable bonds is 4. The van der Waals surface area contributed by atoms with Crippen molar-refractivity contribution in [3.05, 3.63) is 33.9 Å². The molecule has 1 aromatic carbocycles. The van der Waals surface area contributed by atoms with E-state index in [9.17, 15) is 14.9 Å². The lowest BCUT2D eigenvalue weighted by Crippen LogP contribution is -2.49. The lowest BCUT2D eigenvalue weighted by Gasteiger charge is -2.29. The summed E-state index contributed by atoms with van der Waals surface area (Å²) in [5, 5.41) is 23.2. The van der Waals surface area contributed by atoms with Crippen molar-refractivity contribution in [3.63, 3.8) is 0 Å². The number of nitriles is 1. The Kier molecular flexibility index (Phi) is 4.91. The van der Waals surface area contributed by atoms with E-state index >= 15 is 0 Å². The van der Waals surface area contributed by atoms with Crippen LogP contribution in [0.2, 0.25) is 0 Å². The first kappa shape index (κ1) is 15.7. The molecular formula is C14H17N5O3. The highest BCUT2D eigenvalue weighted by Gasteiger charge is 2.22. The molecule has 8 heteroatoms. The van der Waals surface area contributed by atoms with E-state index < -0.39 is 4.92 Å². The number of carbonyl (C=O) groups is 1. The van der Waals surface area contributed by atoms with Crippen molar-refractivity contribution in [2.45, 2.75) is 0 Å². The van der Waals surface area contributed by atoms with Crippen LogP contribution in [0.15, 0.2) is 18.2 Å². The number of benzene rings is 1. The van der Waals surface area contributed by atoms with Crippen LogP contribution < -0.4 is 10.2 Å². The van der Waals surface area contributed by atoms with Crippen molar-refractivity contribution >= 4 is 17.3 Å². The third kappa shape index (κ3) is 3.51. The van der Waals surface area contributed by atoms with Gasteiger partial charge in [0.15, 0.2) is 0 Å². The molecule has 1 fully saturated rings. The van der Waals surface area contributed by atoms with Crippen LogP contribution in [0.4, 0.5) is 11.4 Å². The van der Waals surface area contributed by atoms with Crippen molar-refractivity contribution in [2.75, 3.05) is 44.7 Å². The van der Waals surface area contributed by atoms with Crippen molar-refractivity contribution in [2.24, 2.45) is 0 Å². The lowest BCUT2D eigenvalue weighted by atomic mass is 10.1. The zero-order valence-electron chi connectivity index (χ0n) is 12.3. The number of carbonyl (C=O) groups excluding carboxylic acids is 1. The maximum atomic E-state index is 12.2. The molecule has 1 heterocycles. The van der Waals surface area contributed by atoms with Crippen LogP contribution in [-0.2, 0) is 4.79 Å². The molecule has 1 aromatic rings. The van der Waals surface area contributed by atoms with Crippen molar-refractivity contribution in [3.8, 4) is 6.07 Å². The lowest BCUT2D eigenvalue weighted by molar-refractivity contribution is -0.384. The molecule has 0 spiro atoms. The smallest absolute Gasteiger partial charge is 0.292 e. The van der Waals surface area contributed by atoms with Gasteiger partial charge in [-0.25, -0.2) is 0 Å². The first-order valence-corrected chi connectivity index (χ1v) is 6.91. The summed E-state index contributed by atoms with van der Waals surface area (Å²) in [6.45, 7) is 2.80. The molecule has 1 saturated heterocycles. The molecule has 0 unspecified atom stereocenters. The number of nitro groups is 1. The van der Waals surface area contributed by atoms with Gasteiger partial charge in [0, 0.05) is 39.3 Å². The Balaban J connectivity index is 2.17. The fourth-order valence-corrected chi connectivity index (χ4v) is 2.36. The van der Waals surface area contributed by atoms with E-state index in [1.54, 1.807) is 11.9 Å². The van der Waals surface area contributed by atoms with Crippen LogP contribution in [0, 0.1) is 21.4 Å². The maximum absolute atomic E-state index is 12.2. The first-order valence-electron chi connectivity index (χ1n) is 6.91. The monoisotopic (exact) mass is 303 g/mol. The van der Waals surface area contributed by atoms with Crippen LogP contribution in [-0.4, -0.2) is 55.5 Å². The Morgan fingerprint density at radius 2 is 2.18 bits per heavy atom. The minimum Gasteiger partial charge on any atom is -0.360 e. The van der Waals surface area contributed by atoms with Crippen LogP contribution >= 0.6 is 0 Å². The molecule has 1 amide bonds. The molecule has 1 aliphatic heterocycles. The van der Waals surface area contributed by atoms with Crippen molar-refractivity contribution in [1.82, 2.24) is 10.2 Å². The number of nitrogens with one attached hydrogen (secondary N) is 1. The third-order valence-corrected chi connectivity index (χ3v) is 3.55. The topological polar surface area (TPSA) is 103 Å². The minimum atomic E-state index is -0.512. The molecule has 0 bridgehead atoms. The SMILES string of the molecule is CN(CC(=O)N1CCNCC1)c1cc(C#N)ccc1[N+](=O)[O-]. The number of likely N-dealkylation sites (N-methyl/N-ethyl adjacent to an activating group) is 1. The van der Waals surface area contributed by atoms with E-state index in [1.807, 2.05) is 6.07 Å². The second-order valence-electron chi connectivity index (χ2n) is 5.06. The van der Waals surface area contributed by atoms with E-state index in [0.717, 1.165) is 13.1 Å². The Bertz CT molecular complexity index is 619. The van der Waals surface area contributed by atoms with Gasteiger partial charge in [0.2, 0.25) is 5.91 Å². The normalized spacial score (nSPS) is 14.3. The van der Waals surface area contributed by atoms with Gasteiger partial charge in [0.25, 0.3) is 5.69 Å². The Morgan fingerprint density at radius 3 is 2.77 bits per heavy atom. The average molecular weight is 303 g/mol. The molecule has 22 heavy (non-hydrogen) atoms. The molecule has 0 atom stereocenters. The Morgan fingerprint density at radius 1 is 1.50 bits per heavy atom. The standard InChI is InChI=1S/C14H17N5O3/c1-17(10-14(20)18-6-4-16-5-7-18)13-8-11(9-15)2-3-12(13)19(21)22/h2-3,8,16H,4-7,10H2,1H3. The van der Waals surface area contributed by atoms with Gasteiger partial charge in [-0.05, 0) is 12.1 Å². The zero-order chi connectivity index (χ0) is 16.1. The molecular weight excluding hydrogens is 286 g/mol. The summed E-state index contributed by atoms with van der Waals surface area (Å²) in [5.41, 5.74) is 0.476. The van der Waals surface area contributed by atoms with Crippen molar-refractivity contribution < 1.29 is 9.72 Å². The molecule has 2 rings (SSSR count). The zero-order valence-corrected chi connectivity index (χ0v) is 12.3. The number of hydrogen-bond donors (Lipinski definition) is 1. The minimum absolute atomic E-state index is 0.0374. The number of piperazine rings is 1. The maximum Gasteiger partial charge on any atom is 0.292 e. The summed E-state index contributed by atoms with van der Waals surface area (Å²) in [6.07, 6.45) is 0. The van der Waals surface area contributed by atoms with Crippen LogP contribution in [0.3, 0.4) is 0 Å². The third-order valence-electron chi connectivity index (χ3n) is 3.55. The van der Waals surface area contributed by atoms with Crippen LogP contribution in [0.1, 0.15) is 5.56 Å². The van der Waals surface area contributed by atoms with Gasteiger partial charge in [-0.1, -0.05) is 0 Å². The van der Waals surface area contributed by atoms with Gasteiger partial charge in [-0.2, -0.15) is 5.26 Å². The summed E-state index contributed by atoms with van der Waals surface area (Å²) in [4.78, 5) is 26.1. The highest BCUT2D eigenvalue weighted by molar-refractivity contribution is 5.82. The number of anilines is 1. The van der Waals surface area contributed by atoms with E-state index in [0.29, 0.717) is 18.7 Å². The molecule has 1 aliphatic rings. The second-order valence-corrected chi connectivity index (χ2v) is 5.06. The number of nitrogens with zero attached hydrogens (tertiary/aromatic N) is 4. The Labute approximate surface area is 128 Å². The fraction of sp³-hybridized carbons (Fsp3) is 0.429. The molecule has 0 aromatic heterocycles. The molecule has 0 aliphatic carbocycles. The summed E-state index contributed by atoms with van der Waals surface area (Å²) in [7, 11) is 1.61. The summed E-state index contributed by atoms with van der Waals surface area (Å²) < 4.78 is 0. The largest absolute Gasteiger partial charge is 0.360 e. The second kappa shape index (κ2) is 6.87. The van der Waals surface area contributed by atoms with Gasteiger partial charge in [-0.15, -0.1) is 0 Å². The molecule has 116 valence electrons. The summed E-state index contributed by atoms with van der Waals surface area (Å²) in [5.74, 6) is -0.0827. The van der Waals surface area contributed by atoms with E-state index in [1.165, 1.54) is 23.1 Å². The summed E-state index contributed by atoms with van der Waals surface area (Å²) >= 11 is 0. The number of amides is 1. The highest BCUT2D eigenvalue weighted by Crippen LogP contribution is 2.28. The Hall–Kier alpha value is -2.66. The van der Waals surface area contributed by atoms with E-state index in [-0.39, 0.29) is 23.8 Å². The van der Waals surface area contributed by atoms with Gasteiger partial charge in [0.1, 0.15) is 5.69 Å². The van der Waals surface area contributed by atoms with E-state index in [4.69, 9.17) is 5.26 Å². The van der Waals surface area contributed by atoms with Crippen LogP contribution in [0.25, 0.3) is 0 Å². The van der Waals surface area contributed by atoms with Crippen molar-refractivity contribution in [1.29, 1.82) is 5.26 Å². The fourth-order valence-electron chi connectivity index (χ4n) is 2.36. The van der Waals surface area contributed by atoms with Gasteiger partial charge < -0.3 is 15.1 Å². The number of nitro benzene ring substituents is 1. The quantitative estimate of drug-likeness (QED) is 0.635. The van der Waals surface area contributed by atoms with Gasteiger partial charge in [0.05, 0.1) is 23.1 Å². The molecule has 8 nitrogen and oxygen atoms in total. The summed E-state index contributed by atoms with van der Waals surface area (Å²) in [6, 6.07) is 6.07. The molecule has 1 N–H and O–H groups in total. The predicted octanol–water partition coefficient (Wildman–Crippen LogP) is 0.334. The van der Waals surface area contributed by atoms with Gasteiger partial charge in [-0.3, -0.25) is 14.9 Å². The first-order chi connectivity index (χ1) is 10.5.